The van der Waals surface area contributed by atoms with Crippen LogP contribution in [0.25, 0.3) is 0 Å². The van der Waals surface area contributed by atoms with Crippen LogP contribution in [0.2, 0.25) is 0 Å². The molecule has 1 aromatic carbocycles. The maximum Gasteiger partial charge on any atom is 0.224 e. The van der Waals surface area contributed by atoms with Crippen LogP contribution in [0.5, 0.6) is 0 Å². The molecule has 0 spiro atoms. The van der Waals surface area contributed by atoms with Crippen molar-refractivity contribution in [3.05, 3.63) is 29.6 Å². The Morgan fingerprint density at radius 1 is 1.45 bits per heavy atom. The van der Waals surface area contributed by atoms with Gasteiger partial charge in [0.15, 0.2) is 0 Å². The second kappa shape index (κ2) is 6.31. The third-order valence-electron chi connectivity index (χ3n) is 3.50. The minimum Gasteiger partial charge on any atom is -0.389 e. The molecular weight excluding hydrogens is 275 g/mol. The number of carbonyl (C=O) groups excluding carboxylic acids is 1. The molecule has 5 heteroatoms. The van der Waals surface area contributed by atoms with Crippen LogP contribution in [0.3, 0.4) is 0 Å². The maximum absolute atomic E-state index is 13.7. The summed E-state index contributed by atoms with van der Waals surface area (Å²) in [4.78, 5) is 12.0. The number of rotatable bonds is 4. The van der Waals surface area contributed by atoms with Gasteiger partial charge in [-0.1, -0.05) is 46.0 Å². The number of amides is 1. The lowest BCUT2D eigenvalue weighted by molar-refractivity contribution is -0.117. The molecule has 1 unspecified atom stereocenters. The first-order valence-electron chi connectivity index (χ1n) is 6.51. The Bertz CT molecular complexity index is 523. The molecule has 0 aliphatic carbocycles. The lowest BCUT2D eigenvalue weighted by atomic mass is 9.80. The fourth-order valence-corrected chi connectivity index (χ4v) is 1.87. The van der Waals surface area contributed by atoms with Crippen LogP contribution in [0, 0.1) is 17.2 Å². The van der Waals surface area contributed by atoms with Crippen LogP contribution in [0.4, 0.5) is 10.1 Å². The molecule has 0 radical (unpaired) electrons. The second-order valence-corrected chi connectivity index (χ2v) is 6.49. The standard InChI is InChI=1S/C15H21FN2OS/c1-9(15(2,3)4)8-12(19)18-11-7-5-6-10(16)13(11)14(17)20/h5-7,9H,8H2,1-4H3,(H2,17,20)(H,18,19). The molecule has 0 saturated heterocycles. The zero-order valence-corrected chi connectivity index (χ0v) is 13.1. The van der Waals surface area contributed by atoms with Crippen LogP contribution >= 0.6 is 12.2 Å². The Morgan fingerprint density at radius 2 is 2.05 bits per heavy atom. The van der Waals surface area contributed by atoms with Gasteiger partial charge in [0.2, 0.25) is 5.91 Å². The summed E-state index contributed by atoms with van der Waals surface area (Å²) in [5.74, 6) is -0.501. The van der Waals surface area contributed by atoms with Gasteiger partial charge in [-0.05, 0) is 23.5 Å². The highest BCUT2D eigenvalue weighted by Gasteiger charge is 2.23. The van der Waals surface area contributed by atoms with Crippen molar-refractivity contribution in [1.29, 1.82) is 0 Å². The van der Waals surface area contributed by atoms with Crippen LogP contribution in [-0.4, -0.2) is 10.9 Å². The van der Waals surface area contributed by atoms with E-state index in [0.29, 0.717) is 12.1 Å². The van der Waals surface area contributed by atoms with E-state index in [1.165, 1.54) is 12.1 Å². The molecule has 0 bridgehead atoms. The molecule has 0 heterocycles. The van der Waals surface area contributed by atoms with Crippen LogP contribution in [0.1, 0.15) is 39.7 Å². The molecule has 3 N–H and O–H groups in total. The summed E-state index contributed by atoms with van der Waals surface area (Å²) in [7, 11) is 0. The molecule has 1 rings (SSSR count). The Kier molecular flexibility index (Phi) is 5.22. The number of halogens is 1. The van der Waals surface area contributed by atoms with Gasteiger partial charge < -0.3 is 11.1 Å². The smallest absolute Gasteiger partial charge is 0.224 e. The summed E-state index contributed by atoms with van der Waals surface area (Å²) in [5, 5.41) is 2.69. The van der Waals surface area contributed by atoms with Gasteiger partial charge in [0.1, 0.15) is 10.8 Å². The summed E-state index contributed by atoms with van der Waals surface area (Å²) < 4.78 is 13.7. The van der Waals surface area contributed by atoms with E-state index < -0.39 is 5.82 Å². The van der Waals surface area contributed by atoms with Crippen molar-refractivity contribution in [3.8, 4) is 0 Å². The molecule has 1 atom stereocenters. The topological polar surface area (TPSA) is 55.1 Å². The number of nitrogens with one attached hydrogen (secondary N) is 1. The van der Waals surface area contributed by atoms with E-state index in [-0.39, 0.29) is 27.8 Å². The van der Waals surface area contributed by atoms with Gasteiger partial charge in [0, 0.05) is 6.42 Å². The molecule has 0 aliphatic rings. The summed E-state index contributed by atoms with van der Waals surface area (Å²) in [5.41, 5.74) is 5.94. The van der Waals surface area contributed by atoms with Crippen LogP contribution in [-0.2, 0) is 4.79 Å². The average Bonchev–Trinajstić information content (AvgIpc) is 2.26. The quantitative estimate of drug-likeness (QED) is 0.836. The highest BCUT2D eigenvalue weighted by atomic mass is 32.1. The Morgan fingerprint density at radius 3 is 2.55 bits per heavy atom. The molecule has 0 aromatic heterocycles. The fourth-order valence-electron chi connectivity index (χ4n) is 1.66. The van der Waals surface area contributed by atoms with E-state index in [1.54, 1.807) is 6.07 Å². The first-order chi connectivity index (χ1) is 9.12. The van der Waals surface area contributed by atoms with Crippen molar-refractivity contribution < 1.29 is 9.18 Å². The van der Waals surface area contributed by atoms with Gasteiger partial charge in [0.25, 0.3) is 0 Å². The number of nitrogens with two attached hydrogens (primary N) is 1. The molecule has 20 heavy (non-hydrogen) atoms. The zero-order valence-electron chi connectivity index (χ0n) is 12.3. The van der Waals surface area contributed by atoms with E-state index in [9.17, 15) is 9.18 Å². The van der Waals surface area contributed by atoms with Crippen molar-refractivity contribution in [1.82, 2.24) is 0 Å². The van der Waals surface area contributed by atoms with E-state index >= 15 is 0 Å². The average molecular weight is 296 g/mol. The van der Waals surface area contributed by atoms with Crippen molar-refractivity contribution in [2.75, 3.05) is 5.32 Å². The normalized spacial score (nSPS) is 12.8. The predicted octanol–water partition coefficient (Wildman–Crippen LogP) is 3.47. The van der Waals surface area contributed by atoms with E-state index in [4.69, 9.17) is 18.0 Å². The molecule has 1 amide bonds. The largest absolute Gasteiger partial charge is 0.389 e. The number of anilines is 1. The van der Waals surface area contributed by atoms with Gasteiger partial charge in [-0.25, -0.2) is 4.39 Å². The lowest BCUT2D eigenvalue weighted by Crippen LogP contribution is -2.25. The summed E-state index contributed by atoms with van der Waals surface area (Å²) >= 11 is 4.82. The molecular formula is C15H21FN2OS. The summed E-state index contributed by atoms with van der Waals surface area (Å²) in [6.07, 6.45) is 0.358. The van der Waals surface area contributed by atoms with Crippen LogP contribution in [0.15, 0.2) is 18.2 Å². The monoisotopic (exact) mass is 296 g/mol. The fraction of sp³-hybridized carbons (Fsp3) is 0.467. The van der Waals surface area contributed by atoms with E-state index in [1.807, 2.05) is 6.92 Å². The van der Waals surface area contributed by atoms with Crippen LogP contribution < -0.4 is 11.1 Å². The number of hydrogen-bond acceptors (Lipinski definition) is 2. The van der Waals surface area contributed by atoms with Crippen molar-refractivity contribution in [2.24, 2.45) is 17.1 Å². The molecule has 110 valence electrons. The van der Waals surface area contributed by atoms with Crippen molar-refractivity contribution in [2.45, 2.75) is 34.1 Å². The second-order valence-electron chi connectivity index (χ2n) is 6.05. The van der Waals surface area contributed by atoms with Gasteiger partial charge >= 0.3 is 0 Å². The summed E-state index contributed by atoms with van der Waals surface area (Å²) in [6.45, 7) is 8.24. The minimum absolute atomic E-state index is 0.0330. The molecule has 0 fully saturated rings. The highest BCUT2D eigenvalue weighted by Crippen LogP contribution is 2.28. The SMILES string of the molecule is CC(CC(=O)Nc1cccc(F)c1C(N)=S)C(C)(C)C. The Hall–Kier alpha value is -1.49. The van der Waals surface area contributed by atoms with E-state index in [2.05, 4.69) is 26.1 Å². The zero-order chi connectivity index (χ0) is 15.5. The van der Waals surface area contributed by atoms with Gasteiger partial charge in [0.05, 0.1) is 11.3 Å². The first kappa shape index (κ1) is 16.6. The Balaban J connectivity index is 2.87. The number of hydrogen-bond donors (Lipinski definition) is 2. The molecule has 0 aliphatic heterocycles. The van der Waals surface area contributed by atoms with Gasteiger partial charge in [-0.2, -0.15) is 0 Å². The number of carbonyl (C=O) groups is 1. The molecule has 0 saturated carbocycles. The lowest BCUT2D eigenvalue weighted by Gasteiger charge is -2.26. The maximum atomic E-state index is 13.7. The number of benzene rings is 1. The third-order valence-corrected chi connectivity index (χ3v) is 3.71. The number of thiocarbonyl (C=S) groups is 1. The van der Waals surface area contributed by atoms with E-state index in [0.717, 1.165) is 0 Å². The van der Waals surface area contributed by atoms with Gasteiger partial charge in [-0.3, -0.25) is 4.79 Å². The van der Waals surface area contributed by atoms with Crippen molar-refractivity contribution >= 4 is 28.8 Å². The minimum atomic E-state index is -0.529. The highest BCUT2D eigenvalue weighted by molar-refractivity contribution is 7.80. The first-order valence-corrected chi connectivity index (χ1v) is 6.92. The Labute approximate surface area is 124 Å². The van der Waals surface area contributed by atoms with Crippen molar-refractivity contribution in [3.63, 3.8) is 0 Å². The third kappa shape index (κ3) is 4.27. The molecule has 1 aromatic rings. The van der Waals surface area contributed by atoms with Gasteiger partial charge in [-0.15, -0.1) is 0 Å². The predicted molar refractivity (Wildman–Crippen MR) is 84.2 cm³/mol. The molecule has 3 nitrogen and oxygen atoms in total. The summed E-state index contributed by atoms with van der Waals surface area (Å²) in [6, 6.07) is 4.37.